The fraction of sp³-hybridized carbons (Fsp3) is 0.500. The van der Waals surface area contributed by atoms with Crippen LogP contribution in [0.1, 0.15) is 61.2 Å². The van der Waals surface area contributed by atoms with Gasteiger partial charge in [-0.05, 0) is 74.4 Å². The maximum Gasteiger partial charge on any atom is 0.418 e. The maximum absolute atomic E-state index is 14.4. The number of benzene rings is 1. The first-order chi connectivity index (χ1) is 19.7. The van der Waals surface area contributed by atoms with Gasteiger partial charge in [-0.2, -0.15) is 13.2 Å². The number of nitrogens with one attached hydrogen (secondary N) is 1. The van der Waals surface area contributed by atoms with Crippen LogP contribution >= 0.6 is 0 Å². The third-order valence-electron chi connectivity index (χ3n) is 9.68. The topological polar surface area (TPSA) is 81.0 Å². The van der Waals surface area contributed by atoms with Crippen LogP contribution in [0.2, 0.25) is 0 Å². The van der Waals surface area contributed by atoms with Crippen LogP contribution in [0.5, 0.6) is 0 Å². The van der Waals surface area contributed by atoms with E-state index < -0.39 is 17.3 Å². The van der Waals surface area contributed by atoms with Gasteiger partial charge in [0.25, 0.3) is 5.56 Å². The van der Waals surface area contributed by atoms with E-state index in [1.807, 2.05) is 23.7 Å². The summed E-state index contributed by atoms with van der Waals surface area (Å²) in [5.41, 5.74) is 0.441. The molecule has 3 fully saturated rings. The molecule has 0 radical (unpaired) electrons. The Hall–Kier alpha value is -3.44. The molecule has 0 atom stereocenters. The zero-order chi connectivity index (χ0) is 28.4. The average Bonchev–Trinajstić information content (AvgIpc) is 3.66. The molecule has 1 saturated carbocycles. The first kappa shape index (κ1) is 26.5. The molecule has 1 aromatic carbocycles. The SMILES string of the molecule is Cn1cnnc1C1(c2cccc(-n3cc(C(F)(F)F)c4cc(CN5CCC6(CCOC6)CC5)[nH]c4c3=O)c2)CCC1. The van der Waals surface area contributed by atoms with Gasteiger partial charge in [-0.25, -0.2) is 0 Å². The normalized spacial score (nSPS) is 20.6. The highest BCUT2D eigenvalue weighted by atomic mass is 19.4. The van der Waals surface area contributed by atoms with Crippen molar-refractivity contribution in [1.29, 1.82) is 0 Å². The molecule has 1 spiro atoms. The van der Waals surface area contributed by atoms with Crippen molar-refractivity contribution in [3.8, 4) is 5.69 Å². The zero-order valence-corrected chi connectivity index (χ0v) is 23.0. The summed E-state index contributed by atoms with van der Waals surface area (Å²) in [6, 6.07) is 8.75. The number of hydrogen-bond acceptors (Lipinski definition) is 5. The average molecular weight is 567 g/mol. The molecule has 2 aliphatic heterocycles. The van der Waals surface area contributed by atoms with Crippen LogP contribution in [0.15, 0.2) is 47.7 Å². The third kappa shape index (κ3) is 4.41. The fourth-order valence-corrected chi connectivity index (χ4v) is 7.08. The summed E-state index contributed by atoms with van der Waals surface area (Å²) in [5, 5.41) is 8.30. The van der Waals surface area contributed by atoms with Crippen molar-refractivity contribution in [1.82, 2.24) is 29.2 Å². The second-order valence-corrected chi connectivity index (χ2v) is 12.1. The van der Waals surface area contributed by atoms with Crippen LogP contribution in [0.3, 0.4) is 0 Å². The Morgan fingerprint density at radius 1 is 1.10 bits per heavy atom. The zero-order valence-electron chi connectivity index (χ0n) is 23.0. The minimum atomic E-state index is -4.63. The van der Waals surface area contributed by atoms with Crippen LogP contribution < -0.4 is 5.56 Å². The molecule has 1 aliphatic carbocycles. The summed E-state index contributed by atoms with van der Waals surface area (Å²) in [7, 11) is 1.89. The van der Waals surface area contributed by atoms with Crippen LogP contribution in [0, 0.1) is 5.41 Å². The van der Waals surface area contributed by atoms with Crippen molar-refractivity contribution in [2.45, 2.75) is 56.7 Å². The Labute approximate surface area is 235 Å². The minimum Gasteiger partial charge on any atom is -0.381 e. The van der Waals surface area contributed by atoms with Crippen molar-refractivity contribution in [2.24, 2.45) is 12.5 Å². The molecular formula is C30H33F3N6O2. The number of alkyl halides is 3. The van der Waals surface area contributed by atoms with Crippen molar-refractivity contribution < 1.29 is 17.9 Å². The van der Waals surface area contributed by atoms with E-state index >= 15 is 0 Å². The van der Waals surface area contributed by atoms with Crippen molar-refractivity contribution in [2.75, 3.05) is 26.3 Å². The van der Waals surface area contributed by atoms with Gasteiger partial charge in [0.1, 0.15) is 17.7 Å². The molecule has 3 aliphatic rings. The largest absolute Gasteiger partial charge is 0.418 e. The van der Waals surface area contributed by atoms with Gasteiger partial charge in [-0.3, -0.25) is 14.3 Å². The van der Waals surface area contributed by atoms with Crippen molar-refractivity contribution in [3.63, 3.8) is 0 Å². The summed E-state index contributed by atoms with van der Waals surface area (Å²) < 4.78 is 51.8. The molecule has 41 heavy (non-hydrogen) atoms. The van der Waals surface area contributed by atoms with Crippen molar-refractivity contribution >= 4 is 10.9 Å². The van der Waals surface area contributed by atoms with Crippen molar-refractivity contribution in [3.05, 3.63) is 75.9 Å². The van der Waals surface area contributed by atoms with E-state index in [4.69, 9.17) is 4.74 Å². The van der Waals surface area contributed by atoms with E-state index in [1.54, 1.807) is 18.5 Å². The molecule has 5 heterocycles. The monoisotopic (exact) mass is 566 g/mol. The molecule has 4 aromatic rings. The number of halogens is 3. The third-order valence-corrected chi connectivity index (χ3v) is 9.68. The van der Waals surface area contributed by atoms with E-state index in [-0.39, 0.29) is 21.7 Å². The minimum absolute atomic E-state index is 0.0236. The Kier molecular flexibility index (Phi) is 6.17. The Morgan fingerprint density at radius 2 is 1.90 bits per heavy atom. The molecule has 216 valence electrons. The lowest BCUT2D eigenvalue weighted by atomic mass is 9.63. The second kappa shape index (κ2) is 9.55. The summed E-state index contributed by atoms with van der Waals surface area (Å²) in [4.78, 5) is 19.0. The van der Waals surface area contributed by atoms with Gasteiger partial charge in [0.2, 0.25) is 0 Å². The molecule has 2 saturated heterocycles. The predicted molar refractivity (Wildman–Crippen MR) is 147 cm³/mol. The predicted octanol–water partition coefficient (Wildman–Crippen LogP) is 4.94. The van der Waals surface area contributed by atoms with Crippen LogP contribution in [0.25, 0.3) is 16.6 Å². The Morgan fingerprint density at radius 3 is 2.54 bits per heavy atom. The van der Waals surface area contributed by atoms with E-state index in [1.165, 1.54) is 6.07 Å². The van der Waals surface area contributed by atoms with Crippen LogP contribution in [-0.4, -0.2) is 55.5 Å². The summed E-state index contributed by atoms with van der Waals surface area (Å²) in [6.45, 7) is 3.78. The van der Waals surface area contributed by atoms with Gasteiger partial charge in [0.05, 0.1) is 17.6 Å². The highest BCUT2D eigenvalue weighted by Gasteiger charge is 2.44. The standard InChI is InChI=1S/C30H33F3N6O2/c1-37-19-34-36-27(37)29(6-3-7-29)20-4-2-5-22(14-20)39-17-24(30(31,32)33)23-15-21(35-25(23)26(39)40)16-38-11-8-28(9-12-38)10-13-41-18-28/h2,4-5,14-15,17,19,35H,3,6-13,16,18H2,1H3. The highest BCUT2D eigenvalue weighted by molar-refractivity contribution is 5.84. The number of ether oxygens (including phenoxy) is 1. The van der Waals surface area contributed by atoms with E-state index in [0.29, 0.717) is 17.9 Å². The number of pyridine rings is 1. The van der Waals surface area contributed by atoms with Gasteiger partial charge in [0.15, 0.2) is 0 Å². The summed E-state index contributed by atoms with van der Waals surface area (Å²) in [6.07, 6.45) is 3.80. The second-order valence-electron chi connectivity index (χ2n) is 12.1. The lowest BCUT2D eigenvalue weighted by Crippen LogP contribution is -2.40. The fourth-order valence-electron chi connectivity index (χ4n) is 7.08. The lowest BCUT2D eigenvalue weighted by molar-refractivity contribution is -0.136. The number of aromatic nitrogens is 5. The van der Waals surface area contributed by atoms with Gasteiger partial charge in [-0.15, -0.1) is 10.2 Å². The van der Waals surface area contributed by atoms with Crippen LogP contribution in [-0.2, 0) is 29.9 Å². The molecule has 0 unspecified atom stereocenters. The molecule has 0 amide bonds. The van der Waals surface area contributed by atoms with Gasteiger partial charge < -0.3 is 14.3 Å². The lowest BCUT2D eigenvalue weighted by Gasteiger charge is -2.41. The maximum atomic E-state index is 14.4. The van der Waals surface area contributed by atoms with Crippen LogP contribution in [0.4, 0.5) is 13.2 Å². The number of aromatic amines is 1. The number of H-pyrrole nitrogens is 1. The molecular weight excluding hydrogens is 533 g/mol. The van der Waals surface area contributed by atoms with Gasteiger partial charge in [0, 0.05) is 43.2 Å². The number of aryl methyl sites for hydroxylation is 1. The summed E-state index contributed by atoms with van der Waals surface area (Å²) in [5.74, 6) is 0.817. The van der Waals surface area contributed by atoms with E-state index in [2.05, 4.69) is 20.1 Å². The molecule has 11 heteroatoms. The van der Waals surface area contributed by atoms with Gasteiger partial charge in [-0.1, -0.05) is 18.6 Å². The highest BCUT2D eigenvalue weighted by Crippen LogP contribution is 2.48. The number of likely N-dealkylation sites (tertiary alicyclic amines) is 1. The summed E-state index contributed by atoms with van der Waals surface area (Å²) >= 11 is 0. The molecule has 8 nitrogen and oxygen atoms in total. The molecule has 7 rings (SSSR count). The molecule has 3 aromatic heterocycles. The van der Waals surface area contributed by atoms with E-state index in [0.717, 1.165) is 87.0 Å². The smallest absolute Gasteiger partial charge is 0.381 e. The van der Waals surface area contributed by atoms with E-state index in [9.17, 15) is 18.0 Å². The first-order valence-electron chi connectivity index (χ1n) is 14.3. The number of nitrogens with zero attached hydrogens (tertiary/aromatic N) is 5. The number of hydrogen-bond donors (Lipinski definition) is 1. The Bertz CT molecular complexity index is 1650. The Balaban J connectivity index is 1.25. The van der Waals surface area contributed by atoms with Gasteiger partial charge >= 0.3 is 6.18 Å². The quantitative estimate of drug-likeness (QED) is 0.370. The number of rotatable bonds is 5. The number of fused-ring (bicyclic) bond motifs is 1. The number of piperidine rings is 1. The molecule has 1 N–H and O–H groups in total. The molecule has 0 bridgehead atoms. The first-order valence-corrected chi connectivity index (χ1v) is 14.3.